The van der Waals surface area contributed by atoms with Crippen LogP contribution in [-0.2, 0) is 6.42 Å². The summed E-state index contributed by atoms with van der Waals surface area (Å²) in [5, 5.41) is 6.66. The van der Waals surface area contributed by atoms with Crippen LogP contribution in [0.1, 0.15) is 32.8 Å². The minimum atomic E-state index is 0. The summed E-state index contributed by atoms with van der Waals surface area (Å²) in [6.07, 6.45) is 2.16. The second-order valence-corrected chi connectivity index (χ2v) is 5.11. The minimum absolute atomic E-state index is 0. The van der Waals surface area contributed by atoms with Gasteiger partial charge in [0.05, 0.1) is 0 Å². The Morgan fingerprint density at radius 3 is 2.45 bits per heavy atom. The third-order valence-corrected chi connectivity index (χ3v) is 2.87. The van der Waals surface area contributed by atoms with Crippen LogP contribution in [0.15, 0.2) is 35.3 Å². The van der Waals surface area contributed by atoms with E-state index >= 15 is 0 Å². The van der Waals surface area contributed by atoms with Gasteiger partial charge in [-0.2, -0.15) is 0 Å². The molecular formula is C16H28IN3. The molecule has 0 radical (unpaired) electrons. The molecule has 1 aromatic rings. The third kappa shape index (κ3) is 9.18. The quantitative estimate of drug-likeness (QED) is 0.426. The molecule has 0 aromatic heterocycles. The van der Waals surface area contributed by atoms with Gasteiger partial charge in [0, 0.05) is 19.6 Å². The largest absolute Gasteiger partial charge is 0.357 e. The summed E-state index contributed by atoms with van der Waals surface area (Å²) in [6.45, 7) is 9.25. The number of aliphatic imine (C=N–C) groups is 1. The normalized spacial score (nSPS) is 11.1. The summed E-state index contributed by atoms with van der Waals surface area (Å²) < 4.78 is 0. The van der Waals surface area contributed by atoms with Gasteiger partial charge in [-0.25, -0.2) is 0 Å². The van der Waals surface area contributed by atoms with Gasteiger partial charge in [-0.05, 0) is 31.2 Å². The number of hydrogen-bond acceptors (Lipinski definition) is 1. The molecule has 3 nitrogen and oxygen atoms in total. The average molecular weight is 389 g/mol. The van der Waals surface area contributed by atoms with Crippen molar-refractivity contribution in [1.29, 1.82) is 0 Å². The Labute approximate surface area is 140 Å². The van der Waals surface area contributed by atoms with Crippen LogP contribution >= 0.6 is 24.0 Å². The van der Waals surface area contributed by atoms with Gasteiger partial charge in [-0.15, -0.1) is 24.0 Å². The van der Waals surface area contributed by atoms with Crippen LogP contribution in [0.25, 0.3) is 0 Å². The second kappa shape index (κ2) is 12.0. The van der Waals surface area contributed by atoms with Gasteiger partial charge in [0.2, 0.25) is 0 Å². The highest BCUT2D eigenvalue weighted by molar-refractivity contribution is 14.0. The van der Waals surface area contributed by atoms with E-state index in [2.05, 4.69) is 60.7 Å². The van der Waals surface area contributed by atoms with Crippen LogP contribution in [-0.4, -0.2) is 25.6 Å². The Bertz CT molecular complexity index is 363. The second-order valence-electron chi connectivity index (χ2n) is 5.11. The molecule has 0 spiro atoms. The van der Waals surface area contributed by atoms with Crippen LogP contribution in [0.4, 0.5) is 0 Å². The molecule has 0 atom stereocenters. The highest BCUT2D eigenvalue weighted by Gasteiger charge is 1.98. The lowest BCUT2D eigenvalue weighted by atomic mass is 10.1. The molecule has 0 heterocycles. The first-order valence-corrected chi connectivity index (χ1v) is 7.28. The number of halogens is 1. The SMILES string of the molecule is CCNC(=NCCC(C)C)NCCc1ccccc1.I. The van der Waals surface area contributed by atoms with Crippen molar-refractivity contribution in [2.45, 2.75) is 33.6 Å². The number of guanidine groups is 1. The summed E-state index contributed by atoms with van der Waals surface area (Å²) in [4.78, 5) is 4.58. The zero-order valence-corrected chi connectivity index (χ0v) is 15.2. The zero-order valence-electron chi connectivity index (χ0n) is 12.9. The van der Waals surface area contributed by atoms with Crippen molar-refractivity contribution in [3.05, 3.63) is 35.9 Å². The van der Waals surface area contributed by atoms with Crippen molar-refractivity contribution in [2.24, 2.45) is 10.9 Å². The summed E-state index contributed by atoms with van der Waals surface area (Å²) in [7, 11) is 0. The van der Waals surface area contributed by atoms with E-state index in [0.717, 1.165) is 38.4 Å². The van der Waals surface area contributed by atoms with Crippen molar-refractivity contribution >= 4 is 29.9 Å². The van der Waals surface area contributed by atoms with E-state index in [-0.39, 0.29) is 24.0 Å². The van der Waals surface area contributed by atoms with E-state index in [0.29, 0.717) is 5.92 Å². The van der Waals surface area contributed by atoms with Crippen LogP contribution in [0.2, 0.25) is 0 Å². The van der Waals surface area contributed by atoms with Crippen LogP contribution in [0.5, 0.6) is 0 Å². The number of rotatable bonds is 7. The van der Waals surface area contributed by atoms with Gasteiger partial charge in [-0.3, -0.25) is 4.99 Å². The summed E-state index contributed by atoms with van der Waals surface area (Å²) in [6, 6.07) is 10.5. The minimum Gasteiger partial charge on any atom is -0.357 e. The maximum absolute atomic E-state index is 4.58. The van der Waals surface area contributed by atoms with Crippen molar-refractivity contribution in [2.75, 3.05) is 19.6 Å². The molecule has 4 heteroatoms. The lowest BCUT2D eigenvalue weighted by molar-refractivity contribution is 0.594. The highest BCUT2D eigenvalue weighted by Crippen LogP contribution is 1.99. The molecule has 1 aromatic carbocycles. The smallest absolute Gasteiger partial charge is 0.191 e. The molecule has 0 bridgehead atoms. The predicted octanol–water partition coefficient (Wildman–Crippen LogP) is 3.45. The summed E-state index contributed by atoms with van der Waals surface area (Å²) in [5.41, 5.74) is 1.35. The number of nitrogens with zero attached hydrogens (tertiary/aromatic N) is 1. The summed E-state index contributed by atoms with van der Waals surface area (Å²) in [5.74, 6) is 1.63. The molecule has 0 saturated heterocycles. The zero-order chi connectivity index (χ0) is 13.9. The van der Waals surface area contributed by atoms with E-state index in [4.69, 9.17) is 0 Å². The van der Waals surface area contributed by atoms with Crippen molar-refractivity contribution in [3.8, 4) is 0 Å². The van der Waals surface area contributed by atoms with Gasteiger partial charge in [0.15, 0.2) is 5.96 Å². The number of benzene rings is 1. The Hall–Kier alpha value is -0.780. The third-order valence-electron chi connectivity index (χ3n) is 2.87. The monoisotopic (exact) mass is 389 g/mol. The van der Waals surface area contributed by atoms with Crippen LogP contribution in [0, 0.1) is 5.92 Å². The molecule has 114 valence electrons. The standard InChI is InChI=1S/C16H27N3.HI/c1-4-17-16(18-12-10-14(2)3)19-13-11-15-8-6-5-7-9-15;/h5-9,14H,4,10-13H2,1-3H3,(H2,17,18,19);1H. The molecule has 0 aliphatic heterocycles. The molecule has 0 amide bonds. The van der Waals surface area contributed by atoms with E-state index in [1.54, 1.807) is 0 Å². The van der Waals surface area contributed by atoms with E-state index in [1.807, 2.05) is 6.07 Å². The molecule has 20 heavy (non-hydrogen) atoms. The molecule has 2 N–H and O–H groups in total. The van der Waals surface area contributed by atoms with Crippen LogP contribution < -0.4 is 10.6 Å². The van der Waals surface area contributed by atoms with Gasteiger partial charge >= 0.3 is 0 Å². The molecule has 0 aliphatic carbocycles. The highest BCUT2D eigenvalue weighted by atomic mass is 127. The fourth-order valence-electron chi connectivity index (χ4n) is 1.75. The topological polar surface area (TPSA) is 36.4 Å². The Kier molecular flexibility index (Phi) is 11.5. The van der Waals surface area contributed by atoms with Gasteiger partial charge in [-0.1, -0.05) is 44.2 Å². The first kappa shape index (κ1) is 19.2. The van der Waals surface area contributed by atoms with Gasteiger partial charge in [0.25, 0.3) is 0 Å². The first-order valence-electron chi connectivity index (χ1n) is 7.28. The molecule has 0 aliphatic rings. The van der Waals surface area contributed by atoms with Crippen LogP contribution in [0.3, 0.4) is 0 Å². The maximum atomic E-state index is 4.58. The van der Waals surface area contributed by atoms with Gasteiger partial charge < -0.3 is 10.6 Å². The molecule has 1 rings (SSSR count). The maximum Gasteiger partial charge on any atom is 0.191 e. The lowest BCUT2D eigenvalue weighted by Gasteiger charge is -2.11. The first-order chi connectivity index (χ1) is 9.22. The van der Waals surface area contributed by atoms with E-state index in [9.17, 15) is 0 Å². The number of hydrogen-bond donors (Lipinski definition) is 2. The fourth-order valence-corrected chi connectivity index (χ4v) is 1.75. The molecule has 0 unspecified atom stereocenters. The van der Waals surface area contributed by atoms with E-state index < -0.39 is 0 Å². The molecular weight excluding hydrogens is 361 g/mol. The van der Waals surface area contributed by atoms with Crippen molar-refractivity contribution < 1.29 is 0 Å². The van der Waals surface area contributed by atoms with Gasteiger partial charge in [0.1, 0.15) is 0 Å². The molecule has 0 saturated carbocycles. The van der Waals surface area contributed by atoms with Crippen molar-refractivity contribution in [3.63, 3.8) is 0 Å². The van der Waals surface area contributed by atoms with E-state index in [1.165, 1.54) is 5.56 Å². The Morgan fingerprint density at radius 1 is 1.15 bits per heavy atom. The Morgan fingerprint density at radius 2 is 1.85 bits per heavy atom. The molecule has 0 fully saturated rings. The summed E-state index contributed by atoms with van der Waals surface area (Å²) >= 11 is 0. The van der Waals surface area contributed by atoms with Crippen molar-refractivity contribution in [1.82, 2.24) is 10.6 Å². The lowest BCUT2D eigenvalue weighted by Crippen LogP contribution is -2.38. The number of nitrogens with one attached hydrogen (secondary N) is 2. The fraction of sp³-hybridized carbons (Fsp3) is 0.562. The average Bonchev–Trinajstić information content (AvgIpc) is 2.39. The Balaban J connectivity index is 0.00000361. The predicted molar refractivity (Wildman–Crippen MR) is 99.0 cm³/mol.